The van der Waals surface area contributed by atoms with Gasteiger partial charge < -0.3 is 10.2 Å². The molecule has 6 nitrogen and oxygen atoms in total. The normalized spacial score (nSPS) is 23.3. The van der Waals surface area contributed by atoms with Gasteiger partial charge in [0.25, 0.3) is 5.91 Å². The number of likely N-dealkylation sites (tertiary alicyclic amines) is 1. The number of rotatable bonds is 5. The Balaban J connectivity index is 1.55. The van der Waals surface area contributed by atoms with Crippen LogP contribution in [0.1, 0.15) is 31.2 Å². The highest BCUT2D eigenvalue weighted by molar-refractivity contribution is 6.04. The minimum Gasteiger partial charge on any atom is -0.339 e. The van der Waals surface area contributed by atoms with Crippen molar-refractivity contribution in [1.82, 2.24) is 15.5 Å². The lowest BCUT2D eigenvalue weighted by molar-refractivity contribution is -0.132. The fourth-order valence-electron chi connectivity index (χ4n) is 3.39. The van der Waals surface area contributed by atoms with E-state index in [1.165, 1.54) is 12.1 Å². The molecule has 2 fully saturated rings. The number of imide groups is 1. The molecule has 7 heteroatoms. The van der Waals surface area contributed by atoms with Crippen LogP contribution in [0.5, 0.6) is 0 Å². The van der Waals surface area contributed by atoms with Crippen LogP contribution < -0.4 is 10.6 Å². The van der Waals surface area contributed by atoms with Crippen molar-refractivity contribution in [3.63, 3.8) is 0 Å². The largest absolute Gasteiger partial charge is 0.339 e. The third kappa shape index (κ3) is 3.72. The van der Waals surface area contributed by atoms with Crippen LogP contribution in [0.3, 0.4) is 0 Å². The maximum atomic E-state index is 13.3. The first-order valence-electron chi connectivity index (χ1n) is 8.18. The summed E-state index contributed by atoms with van der Waals surface area (Å²) in [5.41, 5.74) is 0.877. The molecule has 1 aromatic carbocycles. The standard InChI is InChI=1S/C17H20FN3O3/c18-12-4-1-3-11(9-12)10-13-5-2-8-21(13)15(22)7-6-14-16(23)20-17(24)19-14/h1,3-4,9,13-14H,2,5-8,10H2,(H2,19,20,23,24)/t13-,14+/m0/s1. The van der Waals surface area contributed by atoms with E-state index < -0.39 is 12.1 Å². The number of amides is 4. The molecule has 24 heavy (non-hydrogen) atoms. The summed E-state index contributed by atoms with van der Waals surface area (Å²) in [5.74, 6) is -0.681. The van der Waals surface area contributed by atoms with Crippen LogP contribution in [-0.4, -0.2) is 41.4 Å². The van der Waals surface area contributed by atoms with E-state index in [1.807, 2.05) is 11.0 Å². The molecule has 0 radical (unpaired) electrons. The van der Waals surface area contributed by atoms with Gasteiger partial charge in [0.15, 0.2) is 0 Å². The number of carbonyl (C=O) groups is 3. The lowest BCUT2D eigenvalue weighted by Gasteiger charge is -2.25. The number of carbonyl (C=O) groups excluding carboxylic acids is 3. The van der Waals surface area contributed by atoms with Crippen molar-refractivity contribution >= 4 is 17.8 Å². The Bertz CT molecular complexity index is 664. The lowest BCUT2D eigenvalue weighted by atomic mass is 10.0. The zero-order valence-corrected chi connectivity index (χ0v) is 13.3. The van der Waals surface area contributed by atoms with Crippen molar-refractivity contribution in [2.75, 3.05) is 6.54 Å². The van der Waals surface area contributed by atoms with Crippen LogP contribution in [0.25, 0.3) is 0 Å². The zero-order valence-electron chi connectivity index (χ0n) is 13.3. The van der Waals surface area contributed by atoms with E-state index in [1.54, 1.807) is 6.07 Å². The third-order valence-corrected chi connectivity index (χ3v) is 4.56. The highest BCUT2D eigenvalue weighted by atomic mass is 19.1. The SMILES string of the molecule is O=C1NC(=O)[C@@H](CCC(=O)N2CCC[C@H]2Cc2cccc(F)c2)N1. The molecule has 0 bridgehead atoms. The molecule has 4 amide bonds. The molecule has 0 unspecified atom stereocenters. The summed E-state index contributed by atoms with van der Waals surface area (Å²) in [4.78, 5) is 36.9. The Morgan fingerprint density at radius 1 is 1.33 bits per heavy atom. The fourth-order valence-corrected chi connectivity index (χ4v) is 3.39. The van der Waals surface area contributed by atoms with Gasteiger partial charge in [-0.25, -0.2) is 9.18 Å². The quantitative estimate of drug-likeness (QED) is 0.799. The van der Waals surface area contributed by atoms with E-state index in [-0.39, 0.29) is 30.1 Å². The summed E-state index contributed by atoms with van der Waals surface area (Å²) in [7, 11) is 0. The van der Waals surface area contributed by atoms with Gasteiger partial charge in [-0.2, -0.15) is 0 Å². The Hall–Kier alpha value is -2.44. The molecule has 0 aliphatic carbocycles. The van der Waals surface area contributed by atoms with Crippen molar-refractivity contribution in [2.24, 2.45) is 0 Å². The molecule has 2 heterocycles. The average Bonchev–Trinajstić information content (AvgIpc) is 3.11. The summed E-state index contributed by atoms with van der Waals surface area (Å²) in [5, 5.41) is 4.65. The van der Waals surface area contributed by atoms with E-state index in [4.69, 9.17) is 0 Å². The van der Waals surface area contributed by atoms with E-state index in [0.29, 0.717) is 19.4 Å². The number of nitrogens with zero attached hydrogens (tertiary/aromatic N) is 1. The number of halogens is 1. The molecular weight excluding hydrogens is 313 g/mol. The Labute approximate surface area is 139 Å². The Morgan fingerprint density at radius 3 is 2.88 bits per heavy atom. The first-order chi connectivity index (χ1) is 11.5. The Morgan fingerprint density at radius 2 is 2.17 bits per heavy atom. The molecule has 2 aliphatic rings. The highest BCUT2D eigenvalue weighted by Crippen LogP contribution is 2.23. The predicted octanol–water partition coefficient (Wildman–Crippen LogP) is 1.35. The van der Waals surface area contributed by atoms with Crippen molar-refractivity contribution < 1.29 is 18.8 Å². The van der Waals surface area contributed by atoms with Crippen molar-refractivity contribution in [3.05, 3.63) is 35.6 Å². The summed E-state index contributed by atoms with van der Waals surface area (Å²) in [6.07, 6.45) is 2.94. The molecule has 2 aliphatic heterocycles. The molecule has 0 aromatic heterocycles. The van der Waals surface area contributed by atoms with E-state index in [2.05, 4.69) is 10.6 Å². The molecule has 2 N–H and O–H groups in total. The second-order valence-corrected chi connectivity index (χ2v) is 6.27. The van der Waals surface area contributed by atoms with Gasteiger partial charge in [0.05, 0.1) is 0 Å². The van der Waals surface area contributed by atoms with Gasteiger partial charge in [0, 0.05) is 19.0 Å². The van der Waals surface area contributed by atoms with Gasteiger partial charge >= 0.3 is 6.03 Å². The van der Waals surface area contributed by atoms with Crippen LogP contribution in [0, 0.1) is 5.82 Å². The fraction of sp³-hybridized carbons (Fsp3) is 0.471. The van der Waals surface area contributed by atoms with E-state index >= 15 is 0 Å². The molecule has 2 atom stereocenters. The first kappa shape index (κ1) is 16.4. The number of nitrogens with one attached hydrogen (secondary N) is 2. The molecule has 3 rings (SSSR count). The minimum atomic E-state index is -0.634. The third-order valence-electron chi connectivity index (χ3n) is 4.56. The number of hydrogen-bond donors (Lipinski definition) is 2. The second-order valence-electron chi connectivity index (χ2n) is 6.27. The maximum Gasteiger partial charge on any atom is 0.322 e. The van der Waals surface area contributed by atoms with Crippen molar-refractivity contribution in [2.45, 2.75) is 44.2 Å². The Kier molecular flexibility index (Phi) is 4.78. The van der Waals surface area contributed by atoms with Crippen molar-refractivity contribution in [3.8, 4) is 0 Å². The summed E-state index contributed by atoms with van der Waals surface area (Å²) in [6, 6.07) is 5.36. The van der Waals surface area contributed by atoms with Crippen LogP contribution in [0.4, 0.5) is 9.18 Å². The molecule has 128 valence electrons. The van der Waals surface area contributed by atoms with Crippen molar-refractivity contribution in [1.29, 1.82) is 0 Å². The topological polar surface area (TPSA) is 78.5 Å². The van der Waals surface area contributed by atoms with Crippen LogP contribution in [0.2, 0.25) is 0 Å². The number of hydrogen-bond acceptors (Lipinski definition) is 3. The van der Waals surface area contributed by atoms with E-state index in [0.717, 1.165) is 18.4 Å². The van der Waals surface area contributed by atoms with E-state index in [9.17, 15) is 18.8 Å². The van der Waals surface area contributed by atoms with Gasteiger partial charge in [0.1, 0.15) is 11.9 Å². The molecule has 2 saturated heterocycles. The lowest BCUT2D eigenvalue weighted by Crippen LogP contribution is -2.38. The second kappa shape index (κ2) is 6.98. The maximum absolute atomic E-state index is 13.3. The number of benzene rings is 1. The molecule has 0 saturated carbocycles. The van der Waals surface area contributed by atoms with Crippen LogP contribution in [0.15, 0.2) is 24.3 Å². The molecule has 0 spiro atoms. The monoisotopic (exact) mass is 333 g/mol. The minimum absolute atomic E-state index is 0.0251. The molecule has 1 aromatic rings. The van der Waals surface area contributed by atoms with Crippen LogP contribution in [-0.2, 0) is 16.0 Å². The van der Waals surface area contributed by atoms with Gasteiger partial charge in [-0.05, 0) is 43.4 Å². The van der Waals surface area contributed by atoms with Gasteiger partial charge in [-0.1, -0.05) is 12.1 Å². The average molecular weight is 333 g/mol. The van der Waals surface area contributed by atoms with Gasteiger partial charge in [0.2, 0.25) is 5.91 Å². The zero-order chi connectivity index (χ0) is 17.1. The van der Waals surface area contributed by atoms with Crippen LogP contribution >= 0.6 is 0 Å². The summed E-state index contributed by atoms with van der Waals surface area (Å²) < 4.78 is 13.3. The molecular formula is C17H20FN3O3. The summed E-state index contributed by atoms with van der Waals surface area (Å²) in [6.45, 7) is 0.683. The highest BCUT2D eigenvalue weighted by Gasteiger charge is 2.32. The predicted molar refractivity (Wildman–Crippen MR) is 84.5 cm³/mol. The number of urea groups is 1. The van der Waals surface area contributed by atoms with Gasteiger partial charge in [-0.3, -0.25) is 14.9 Å². The first-order valence-corrected chi connectivity index (χ1v) is 8.18. The smallest absolute Gasteiger partial charge is 0.322 e. The summed E-state index contributed by atoms with van der Waals surface area (Å²) >= 11 is 0. The van der Waals surface area contributed by atoms with Gasteiger partial charge in [-0.15, -0.1) is 0 Å².